The number of aromatic nitrogens is 1. The number of pyridine rings is 1. The number of carbonyl (C=O) groups excluding carboxylic acids is 1. The molecule has 0 unspecified atom stereocenters. The largest absolute Gasteiger partial charge is 0.457 e. The van der Waals surface area contributed by atoms with Gasteiger partial charge in [-0.05, 0) is 43.2 Å². The second kappa shape index (κ2) is 5.83. The Morgan fingerprint density at radius 2 is 2.10 bits per heavy atom. The van der Waals surface area contributed by atoms with Crippen molar-refractivity contribution < 1.29 is 9.53 Å². The van der Waals surface area contributed by atoms with E-state index in [2.05, 4.69) is 15.6 Å². The average Bonchev–Trinajstić information content (AvgIpc) is 2.48. The maximum atomic E-state index is 11.3. The Balaban J connectivity index is 1.79. The molecule has 1 aliphatic heterocycles. The van der Waals surface area contributed by atoms with Gasteiger partial charge in [0.15, 0.2) is 0 Å². The molecular weight excluding hydrogens is 266 g/mol. The lowest BCUT2D eigenvalue weighted by Gasteiger charge is -2.17. The SMILES string of the molecule is CCNc1cc(Oc2ccc3c(c2)CCC(=O)N3)ccn1. The van der Waals surface area contributed by atoms with E-state index in [0.29, 0.717) is 6.42 Å². The van der Waals surface area contributed by atoms with Gasteiger partial charge in [0.2, 0.25) is 5.91 Å². The Morgan fingerprint density at radius 1 is 1.24 bits per heavy atom. The van der Waals surface area contributed by atoms with Crippen molar-refractivity contribution in [1.29, 1.82) is 0 Å². The van der Waals surface area contributed by atoms with Crippen LogP contribution in [0.25, 0.3) is 0 Å². The van der Waals surface area contributed by atoms with Gasteiger partial charge < -0.3 is 15.4 Å². The van der Waals surface area contributed by atoms with Crippen LogP contribution >= 0.6 is 0 Å². The normalized spacial score (nSPS) is 13.3. The Bertz CT molecular complexity index is 670. The number of benzene rings is 1. The zero-order chi connectivity index (χ0) is 14.7. The number of aryl methyl sites for hydroxylation is 1. The summed E-state index contributed by atoms with van der Waals surface area (Å²) in [5.41, 5.74) is 1.98. The fraction of sp³-hybridized carbons (Fsp3) is 0.250. The van der Waals surface area contributed by atoms with Crippen molar-refractivity contribution in [3.05, 3.63) is 42.1 Å². The number of hydrogen-bond acceptors (Lipinski definition) is 4. The summed E-state index contributed by atoms with van der Waals surface area (Å²) in [6.07, 6.45) is 2.99. The summed E-state index contributed by atoms with van der Waals surface area (Å²) >= 11 is 0. The second-order valence-corrected chi connectivity index (χ2v) is 4.88. The summed E-state index contributed by atoms with van der Waals surface area (Å²) in [6.45, 7) is 2.84. The predicted molar refractivity (Wildman–Crippen MR) is 81.9 cm³/mol. The molecule has 3 rings (SSSR count). The minimum Gasteiger partial charge on any atom is -0.457 e. The van der Waals surface area contributed by atoms with E-state index < -0.39 is 0 Å². The summed E-state index contributed by atoms with van der Waals surface area (Å²) in [4.78, 5) is 15.6. The standard InChI is InChI=1S/C16H17N3O2/c1-2-17-15-10-13(7-8-18-15)21-12-4-5-14-11(9-12)3-6-16(20)19-14/h4-5,7-10H,2-3,6H2,1H3,(H,17,18)(H,19,20). The summed E-state index contributed by atoms with van der Waals surface area (Å²) in [7, 11) is 0. The summed E-state index contributed by atoms with van der Waals surface area (Å²) in [5, 5.41) is 6.01. The van der Waals surface area contributed by atoms with Gasteiger partial charge in [0.1, 0.15) is 17.3 Å². The zero-order valence-corrected chi connectivity index (χ0v) is 11.8. The van der Waals surface area contributed by atoms with Crippen molar-refractivity contribution in [1.82, 2.24) is 4.98 Å². The van der Waals surface area contributed by atoms with E-state index in [4.69, 9.17) is 4.74 Å². The summed E-state index contributed by atoms with van der Waals surface area (Å²) in [5.74, 6) is 2.36. The number of ether oxygens (including phenoxy) is 1. The van der Waals surface area contributed by atoms with Gasteiger partial charge in [0, 0.05) is 30.9 Å². The molecule has 5 nitrogen and oxygen atoms in total. The van der Waals surface area contributed by atoms with Crippen molar-refractivity contribution in [2.75, 3.05) is 17.2 Å². The van der Waals surface area contributed by atoms with E-state index in [9.17, 15) is 4.79 Å². The van der Waals surface area contributed by atoms with Gasteiger partial charge in [-0.1, -0.05) is 0 Å². The van der Waals surface area contributed by atoms with Crippen LogP contribution in [0.4, 0.5) is 11.5 Å². The summed E-state index contributed by atoms with van der Waals surface area (Å²) in [6, 6.07) is 9.40. The third kappa shape index (κ3) is 3.13. The van der Waals surface area contributed by atoms with Crippen LogP contribution in [0, 0.1) is 0 Å². The fourth-order valence-corrected chi connectivity index (χ4v) is 2.31. The van der Waals surface area contributed by atoms with E-state index >= 15 is 0 Å². The lowest BCUT2D eigenvalue weighted by Crippen LogP contribution is -2.18. The zero-order valence-electron chi connectivity index (χ0n) is 11.8. The van der Waals surface area contributed by atoms with Gasteiger partial charge >= 0.3 is 0 Å². The number of fused-ring (bicyclic) bond motifs is 1. The highest BCUT2D eigenvalue weighted by Crippen LogP contribution is 2.29. The third-order valence-corrected chi connectivity index (χ3v) is 3.30. The van der Waals surface area contributed by atoms with Crippen LogP contribution in [0.5, 0.6) is 11.5 Å². The molecule has 2 N–H and O–H groups in total. The van der Waals surface area contributed by atoms with E-state index in [-0.39, 0.29) is 5.91 Å². The van der Waals surface area contributed by atoms with Crippen LogP contribution in [0.2, 0.25) is 0 Å². The highest BCUT2D eigenvalue weighted by Gasteiger charge is 2.15. The molecule has 1 aromatic carbocycles. The first-order chi connectivity index (χ1) is 10.2. The molecule has 2 aromatic rings. The smallest absolute Gasteiger partial charge is 0.224 e. The quantitative estimate of drug-likeness (QED) is 0.904. The Hall–Kier alpha value is -2.56. The van der Waals surface area contributed by atoms with Crippen molar-refractivity contribution in [3.8, 4) is 11.5 Å². The maximum absolute atomic E-state index is 11.3. The molecule has 1 aliphatic rings. The van der Waals surface area contributed by atoms with Crippen LogP contribution in [0.3, 0.4) is 0 Å². The van der Waals surface area contributed by atoms with E-state index in [0.717, 1.165) is 41.5 Å². The molecule has 1 aromatic heterocycles. The molecule has 0 atom stereocenters. The molecule has 0 fully saturated rings. The molecular formula is C16H17N3O2. The van der Waals surface area contributed by atoms with Gasteiger partial charge in [0.05, 0.1) is 0 Å². The van der Waals surface area contributed by atoms with Crippen molar-refractivity contribution in [3.63, 3.8) is 0 Å². The number of nitrogens with one attached hydrogen (secondary N) is 2. The van der Waals surface area contributed by atoms with E-state index in [1.165, 1.54) is 0 Å². The number of carbonyl (C=O) groups is 1. The van der Waals surface area contributed by atoms with Gasteiger partial charge in [-0.15, -0.1) is 0 Å². The second-order valence-electron chi connectivity index (χ2n) is 4.88. The number of rotatable bonds is 4. The van der Waals surface area contributed by atoms with Crippen LogP contribution in [0.1, 0.15) is 18.9 Å². The Kier molecular flexibility index (Phi) is 3.73. The fourth-order valence-electron chi connectivity index (χ4n) is 2.31. The molecule has 0 spiro atoms. The third-order valence-electron chi connectivity index (χ3n) is 3.30. The number of amides is 1. The average molecular weight is 283 g/mol. The molecule has 5 heteroatoms. The first kappa shape index (κ1) is 13.4. The molecule has 2 heterocycles. The van der Waals surface area contributed by atoms with Gasteiger partial charge in [-0.3, -0.25) is 4.79 Å². The molecule has 0 aliphatic carbocycles. The van der Waals surface area contributed by atoms with Gasteiger partial charge in [0.25, 0.3) is 0 Å². The number of nitrogens with zero attached hydrogens (tertiary/aromatic N) is 1. The molecule has 0 saturated carbocycles. The summed E-state index contributed by atoms with van der Waals surface area (Å²) < 4.78 is 5.87. The maximum Gasteiger partial charge on any atom is 0.224 e. The minimum absolute atomic E-state index is 0.0700. The highest BCUT2D eigenvalue weighted by atomic mass is 16.5. The molecule has 1 amide bonds. The lowest BCUT2D eigenvalue weighted by atomic mass is 10.0. The van der Waals surface area contributed by atoms with Crippen molar-refractivity contribution >= 4 is 17.4 Å². The number of anilines is 2. The molecule has 0 radical (unpaired) electrons. The first-order valence-corrected chi connectivity index (χ1v) is 7.05. The predicted octanol–water partition coefficient (Wildman–Crippen LogP) is 3.19. The van der Waals surface area contributed by atoms with Crippen LogP contribution < -0.4 is 15.4 Å². The monoisotopic (exact) mass is 283 g/mol. The van der Waals surface area contributed by atoms with E-state index in [1.807, 2.05) is 37.3 Å². The van der Waals surface area contributed by atoms with Crippen molar-refractivity contribution in [2.45, 2.75) is 19.8 Å². The van der Waals surface area contributed by atoms with E-state index in [1.54, 1.807) is 6.20 Å². The van der Waals surface area contributed by atoms with Gasteiger partial charge in [-0.25, -0.2) is 4.98 Å². The van der Waals surface area contributed by atoms with Crippen LogP contribution in [-0.2, 0) is 11.2 Å². The van der Waals surface area contributed by atoms with Gasteiger partial charge in [-0.2, -0.15) is 0 Å². The Morgan fingerprint density at radius 3 is 2.95 bits per heavy atom. The first-order valence-electron chi connectivity index (χ1n) is 7.05. The van der Waals surface area contributed by atoms with Crippen molar-refractivity contribution in [2.24, 2.45) is 0 Å². The topological polar surface area (TPSA) is 63.2 Å². The minimum atomic E-state index is 0.0700. The molecule has 0 bridgehead atoms. The van der Waals surface area contributed by atoms with Crippen LogP contribution in [0.15, 0.2) is 36.5 Å². The number of hydrogen-bond donors (Lipinski definition) is 2. The molecule has 21 heavy (non-hydrogen) atoms. The molecule has 0 saturated heterocycles. The lowest BCUT2D eigenvalue weighted by molar-refractivity contribution is -0.116. The molecule has 108 valence electrons. The Labute approximate surface area is 123 Å². The highest BCUT2D eigenvalue weighted by molar-refractivity contribution is 5.94. The van der Waals surface area contributed by atoms with Crippen LogP contribution in [-0.4, -0.2) is 17.4 Å².